The average molecular weight is 325 g/mol. The van der Waals surface area contributed by atoms with Crippen LogP contribution in [0.5, 0.6) is 5.75 Å². The molecule has 0 amide bonds. The fraction of sp³-hybridized carbons (Fsp3) is 0.571. The predicted molar refractivity (Wildman–Crippen MR) is 77.0 cm³/mol. The smallest absolute Gasteiger partial charge is 0.441 e. The molecule has 0 aliphatic heterocycles. The molecule has 0 spiro atoms. The van der Waals surface area contributed by atoms with Gasteiger partial charge in [0.1, 0.15) is 11.6 Å². The lowest BCUT2D eigenvalue weighted by molar-refractivity contribution is -0.0329. The second-order valence-corrected chi connectivity index (χ2v) is 6.08. The largest absolute Gasteiger partial charge is 0.492 e. The number of hydrogen-bond acceptors (Lipinski definition) is 3. The van der Waals surface area contributed by atoms with Crippen LogP contribution in [0.25, 0.3) is 0 Å². The minimum absolute atomic E-state index is 0.0764. The van der Waals surface area contributed by atoms with E-state index in [-0.39, 0.29) is 24.1 Å². The van der Waals surface area contributed by atoms with Crippen molar-refractivity contribution in [3.63, 3.8) is 0 Å². The Morgan fingerprint density at radius 2 is 2.00 bits per heavy atom. The maximum atomic E-state index is 13.2. The summed E-state index contributed by atoms with van der Waals surface area (Å²) in [6.45, 7) is 5.19. The Hall–Kier alpha value is -0.950. The third-order valence-corrected chi connectivity index (χ3v) is 3.20. The van der Waals surface area contributed by atoms with Crippen molar-refractivity contribution < 1.29 is 22.3 Å². The molecule has 0 saturated carbocycles. The van der Waals surface area contributed by atoms with Crippen LogP contribution in [0.15, 0.2) is 18.2 Å². The average Bonchev–Trinajstić information content (AvgIpc) is 2.35. The summed E-state index contributed by atoms with van der Waals surface area (Å²) in [6.07, 6.45) is 0. The van der Waals surface area contributed by atoms with Crippen LogP contribution >= 0.6 is 11.8 Å². The molecule has 2 nitrogen and oxygen atoms in total. The molecule has 120 valence electrons. The Morgan fingerprint density at radius 1 is 1.29 bits per heavy atom. The number of ether oxygens (including phenoxy) is 1. The van der Waals surface area contributed by atoms with Crippen molar-refractivity contribution in [3.05, 3.63) is 29.6 Å². The van der Waals surface area contributed by atoms with Crippen LogP contribution in [0.4, 0.5) is 17.6 Å². The van der Waals surface area contributed by atoms with Crippen LogP contribution in [0.1, 0.15) is 19.4 Å². The van der Waals surface area contributed by atoms with Gasteiger partial charge in [0, 0.05) is 17.9 Å². The Kier molecular flexibility index (Phi) is 7.31. The van der Waals surface area contributed by atoms with Gasteiger partial charge in [-0.15, -0.1) is 0 Å². The first kappa shape index (κ1) is 18.1. The number of nitrogens with one attached hydrogen (secondary N) is 1. The van der Waals surface area contributed by atoms with E-state index < -0.39 is 11.3 Å². The van der Waals surface area contributed by atoms with Crippen molar-refractivity contribution in [2.24, 2.45) is 5.92 Å². The summed E-state index contributed by atoms with van der Waals surface area (Å²) in [6, 6.07) is 4.01. The van der Waals surface area contributed by atoms with Crippen LogP contribution in [0.2, 0.25) is 0 Å². The molecule has 0 heterocycles. The SMILES string of the molecule is CC(C)CNCc1cc(F)ccc1OCCSC(F)(F)F. The standard InChI is InChI=1S/C14H19F4NOS/c1-10(2)8-19-9-11-7-12(15)3-4-13(11)20-5-6-21-14(16,17)18/h3-4,7,10,19H,5-6,8-9H2,1-2H3. The van der Waals surface area contributed by atoms with Crippen molar-refractivity contribution in [3.8, 4) is 5.75 Å². The molecule has 0 unspecified atom stereocenters. The second-order valence-electron chi connectivity index (χ2n) is 4.92. The summed E-state index contributed by atoms with van der Waals surface area (Å²) in [5, 5.41) is 3.15. The first-order valence-electron chi connectivity index (χ1n) is 6.60. The summed E-state index contributed by atoms with van der Waals surface area (Å²) in [7, 11) is 0. The molecular weight excluding hydrogens is 306 g/mol. The van der Waals surface area contributed by atoms with E-state index in [0.717, 1.165) is 6.54 Å². The zero-order chi connectivity index (χ0) is 15.9. The molecule has 0 aliphatic carbocycles. The first-order valence-corrected chi connectivity index (χ1v) is 7.59. The molecule has 1 aromatic carbocycles. The molecule has 7 heteroatoms. The van der Waals surface area contributed by atoms with Gasteiger partial charge in [-0.2, -0.15) is 13.2 Å². The molecule has 0 atom stereocenters. The number of benzene rings is 1. The van der Waals surface area contributed by atoms with Crippen molar-refractivity contribution in [2.45, 2.75) is 25.9 Å². The number of halogens is 4. The number of thioether (sulfide) groups is 1. The number of rotatable bonds is 8. The van der Waals surface area contributed by atoms with Crippen LogP contribution < -0.4 is 10.1 Å². The van der Waals surface area contributed by atoms with Gasteiger partial charge in [0.15, 0.2) is 0 Å². The third kappa shape index (κ3) is 8.16. The van der Waals surface area contributed by atoms with E-state index in [9.17, 15) is 17.6 Å². The normalized spacial score (nSPS) is 12.0. The quantitative estimate of drug-likeness (QED) is 0.572. The van der Waals surface area contributed by atoms with E-state index in [4.69, 9.17) is 4.74 Å². The van der Waals surface area contributed by atoms with Crippen molar-refractivity contribution in [2.75, 3.05) is 18.9 Å². The number of hydrogen-bond donors (Lipinski definition) is 1. The van der Waals surface area contributed by atoms with E-state index in [1.165, 1.54) is 18.2 Å². The monoisotopic (exact) mass is 325 g/mol. The Labute approximate surface area is 126 Å². The Balaban J connectivity index is 2.52. The minimum atomic E-state index is -4.26. The van der Waals surface area contributed by atoms with E-state index in [2.05, 4.69) is 5.32 Å². The molecular formula is C14H19F4NOS. The predicted octanol–water partition coefficient (Wildman–Crippen LogP) is 4.20. The fourth-order valence-corrected chi connectivity index (χ4v) is 2.03. The van der Waals surface area contributed by atoms with Crippen molar-refractivity contribution in [1.82, 2.24) is 5.32 Å². The summed E-state index contributed by atoms with van der Waals surface area (Å²) in [5.74, 6) is 0.273. The Bertz CT molecular complexity index is 437. The van der Waals surface area contributed by atoms with Crippen LogP contribution in [0.3, 0.4) is 0 Å². The maximum Gasteiger partial charge on any atom is 0.441 e. The topological polar surface area (TPSA) is 21.3 Å². The lowest BCUT2D eigenvalue weighted by atomic mass is 10.1. The van der Waals surface area contributed by atoms with Crippen molar-refractivity contribution in [1.29, 1.82) is 0 Å². The summed E-state index contributed by atoms with van der Waals surface area (Å²) in [4.78, 5) is 0. The van der Waals surface area contributed by atoms with Gasteiger partial charge in [0.05, 0.1) is 6.61 Å². The Morgan fingerprint density at radius 3 is 2.62 bits per heavy atom. The van der Waals surface area contributed by atoms with Gasteiger partial charge in [-0.3, -0.25) is 0 Å². The van der Waals surface area contributed by atoms with Gasteiger partial charge in [-0.25, -0.2) is 4.39 Å². The molecule has 1 aromatic rings. The van der Waals surface area contributed by atoms with Gasteiger partial charge in [0.25, 0.3) is 0 Å². The molecule has 0 radical (unpaired) electrons. The second kappa shape index (κ2) is 8.48. The van der Waals surface area contributed by atoms with Gasteiger partial charge < -0.3 is 10.1 Å². The fourth-order valence-electron chi connectivity index (χ4n) is 1.63. The van der Waals surface area contributed by atoms with Gasteiger partial charge in [-0.05, 0) is 42.4 Å². The van der Waals surface area contributed by atoms with Crippen LogP contribution in [-0.2, 0) is 6.54 Å². The maximum absolute atomic E-state index is 13.2. The molecule has 0 aliphatic rings. The first-order chi connectivity index (χ1) is 9.78. The molecule has 1 rings (SSSR count). The summed E-state index contributed by atoms with van der Waals surface area (Å²) < 4.78 is 54.6. The third-order valence-electron chi connectivity index (χ3n) is 2.50. The minimum Gasteiger partial charge on any atom is -0.492 e. The zero-order valence-electron chi connectivity index (χ0n) is 12.0. The van der Waals surface area contributed by atoms with E-state index in [0.29, 0.717) is 23.8 Å². The van der Waals surface area contributed by atoms with Crippen LogP contribution in [-0.4, -0.2) is 24.4 Å². The molecule has 0 fully saturated rings. The highest BCUT2D eigenvalue weighted by molar-refractivity contribution is 8.00. The molecule has 0 aromatic heterocycles. The lowest BCUT2D eigenvalue weighted by Gasteiger charge is -2.13. The van der Waals surface area contributed by atoms with E-state index in [1.54, 1.807) is 0 Å². The van der Waals surface area contributed by atoms with Gasteiger partial charge >= 0.3 is 5.51 Å². The van der Waals surface area contributed by atoms with Crippen LogP contribution in [0, 0.1) is 11.7 Å². The molecule has 21 heavy (non-hydrogen) atoms. The number of alkyl halides is 3. The lowest BCUT2D eigenvalue weighted by Crippen LogP contribution is -2.19. The van der Waals surface area contributed by atoms with Gasteiger partial charge in [-0.1, -0.05) is 13.8 Å². The summed E-state index contributed by atoms with van der Waals surface area (Å²) in [5.41, 5.74) is -3.65. The highest BCUT2D eigenvalue weighted by atomic mass is 32.2. The van der Waals surface area contributed by atoms with E-state index >= 15 is 0 Å². The summed E-state index contributed by atoms with van der Waals surface area (Å²) >= 11 is -0.131. The molecule has 0 bridgehead atoms. The van der Waals surface area contributed by atoms with E-state index in [1.807, 2.05) is 13.8 Å². The highest BCUT2D eigenvalue weighted by Gasteiger charge is 2.27. The van der Waals surface area contributed by atoms with Gasteiger partial charge in [0.2, 0.25) is 0 Å². The molecule has 1 N–H and O–H groups in total. The molecule has 0 saturated heterocycles. The zero-order valence-corrected chi connectivity index (χ0v) is 12.8. The van der Waals surface area contributed by atoms with Crippen molar-refractivity contribution >= 4 is 11.8 Å². The highest BCUT2D eigenvalue weighted by Crippen LogP contribution is 2.30.